The van der Waals surface area contributed by atoms with Gasteiger partial charge < -0.3 is 15.4 Å². The predicted molar refractivity (Wildman–Crippen MR) is 115 cm³/mol. The van der Waals surface area contributed by atoms with Gasteiger partial charge in [0.25, 0.3) is 5.91 Å². The third kappa shape index (κ3) is 4.26. The Morgan fingerprint density at radius 1 is 1.06 bits per heavy atom. The molecule has 2 N–H and O–H groups in total. The highest BCUT2D eigenvalue weighted by atomic mass is 16.5. The largest absolute Gasteiger partial charge is 0.497 e. The predicted octanol–water partition coefficient (Wildman–Crippen LogP) is 3.16. The summed E-state index contributed by atoms with van der Waals surface area (Å²) in [4.78, 5) is 39.1. The molecule has 1 unspecified atom stereocenters. The normalized spacial score (nSPS) is 18.2. The highest BCUT2D eigenvalue weighted by Crippen LogP contribution is 2.35. The van der Waals surface area contributed by atoms with Crippen molar-refractivity contribution < 1.29 is 19.1 Å². The summed E-state index contributed by atoms with van der Waals surface area (Å²) in [7, 11) is 1.61. The third-order valence-corrected chi connectivity index (χ3v) is 6.15. The maximum Gasteiger partial charge on any atom is 0.325 e. The summed E-state index contributed by atoms with van der Waals surface area (Å²) in [6, 6.07) is 16.5. The van der Waals surface area contributed by atoms with Gasteiger partial charge >= 0.3 is 6.03 Å². The number of carbonyl (C=O) groups is 3. The van der Waals surface area contributed by atoms with Gasteiger partial charge in [0, 0.05) is 13.0 Å². The molecule has 1 spiro atoms. The van der Waals surface area contributed by atoms with E-state index in [1.54, 1.807) is 7.11 Å². The van der Waals surface area contributed by atoms with Crippen LogP contribution in [0.5, 0.6) is 5.75 Å². The first-order valence-corrected chi connectivity index (χ1v) is 10.6. The van der Waals surface area contributed by atoms with Crippen molar-refractivity contribution >= 4 is 17.8 Å². The number of amides is 4. The Morgan fingerprint density at radius 3 is 2.35 bits per heavy atom. The van der Waals surface area contributed by atoms with Gasteiger partial charge in [-0.2, -0.15) is 0 Å². The summed E-state index contributed by atoms with van der Waals surface area (Å²) in [5.74, 6) is 0.316. The monoisotopic (exact) mass is 421 g/mol. The van der Waals surface area contributed by atoms with Crippen LogP contribution in [0.25, 0.3) is 0 Å². The molecule has 0 radical (unpaired) electrons. The van der Waals surface area contributed by atoms with E-state index in [1.807, 2.05) is 54.6 Å². The Kier molecular flexibility index (Phi) is 5.93. The quantitative estimate of drug-likeness (QED) is 0.673. The van der Waals surface area contributed by atoms with Gasteiger partial charge in [0.1, 0.15) is 11.3 Å². The number of benzene rings is 2. The minimum absolute atomic E-state index is 0.0503. The zero-order valence-corrected chi connectivity index (χ0v) is 17.6. The minimum atomic E-state index is -0.747. The number of nitrogens with one attached hydrogen (secondary N) is 2. The van der Waals surface area contributed by atoms with Crippen molar-refractivity contribution in [3.8, 4) is 5.75 Å². The molecule has 1 atom stereocenters. The van der Waals surface area contributed by atoms with Crippen molar-refractivity contribution in [3.05, 3.63) is 65.7 Å². The molecule has 4 rings (SSSR count). The first-order chi connectivity index (χ1) is 15.0. The van der Waals surface area contributed by atoms with Crippen LogP contribution in [0.15, 0.2) is 54.6 Å². The van der Waals surface area contributed by atoms with Crippen molar-refractivity contribution in [1.29, 1.82) is 0 Å². The van der Waals surface area contributed by atoms with E-state index in [0.717, 1.165) is 29.7 Å². The van der Waals surface area contributed by atoms with Gasteiger partial charge in [-0.15, -0.1) is 0 Å². The number of hydrogen-bond acceptors (Lipinski definition) is 4. The van der Waals surface area contributed by atoms with E-state index in [0.29, 0.717) is 12.8 Å². The van der Waals surface area contributed by atoms with Crippen molar-refractivity contribution in [3.63, 3.8) is 0 Å². The molecule has 31 heavy (non-hydrogen) atoms. The molecule has 7 nitrogen and oxygen atoms in total. The summed E-state index contributed by atoms with van der Waals surface area (Å²) >= 11 is 0. The molecule has 1 saturated carbocycles. The van der Waals surface area contributed by atoms with Crippen LogP contribution in [0.2, 0.25) is 0 Å². The number of nitrogens with zero attached hydrogens (tertiary/aromatic N) is 1. The molecule has 162 valence electrons. The molecule has 0 bridgehead atoms. The maximum absolute atomic E-state index is 12.8. The van der Waals surface area contributed by atoms with E-state index in [2.05, 4.69) is 10.6 Å². The molecule has 1 heterocycles. The van der Waals surface area contributed by atoms with Gasteiger partial charge in [-0.05, 0) is 36.1 Å². The lowest BCUT2D eigenvalue weighted by molar-refractivity contribution is -0.131. The zero-order valence-electron chi connectivity index (χ0n) is 17.6. The molecule has 7 heteroatoms. The number of ether oxygens (including phenoxy) is 1. The summed E-state index contributed by atoms with van der Waals surface area (Å²) in [6.07, 6.45) is 3.26. The highest BCUT2D eigenvalue weighted by molar-refractivity contribution is 6.07. The second kappa shape index (κ2) is 8.79. The van der Waals surface area contributed by atoms with E-state index in [4.69, 9.17) is 4.74 Å². The number of rotatable bonds is 7. The molecular weight excluding hydrogens is 394 g/mol. The molecular formula is C24H27N3O4. The Bertz CT molecular complexity index is 953. The minimum Gasteiger partial charge on any atom is -0.497 e. The van der Waals surface area contributed by atoms with Gasteiger partial charge in [-0.1, -0.05) is 55.3 Å². The van der Waals surface area contributed by atoms with Crippen molar-refractivity contribution in [2.24, 2.45) is 0 Å². The maximum atomic E-state index is 12.8. The Balaban J connectivity index is 1.44. The van der Waals surface area contributed by atoms with Crippen LogP contribution in [0.1, 0.15) is 49.3 Å². The standard InChI is InChI=1S/C24H27N3O4/c1-31-19-11-9-18(10-12-19)21(17-7-3-2-4-8-17)25-20(28)13-16-27-22(29)24(26-23(27)30)14-5-6-15-24/h2-4,7-12,21H,5-6,13-16H2,1H3,(H,25,28)(H,26,30). The average molecular weight is 421 g/mol. The van der Waals surface area contributed by atoms with Crippen molar-refractivity contribution in [2.75, 3.05) is 13.7 Å². The molecule has 2 aliphatic rings. The Labute approximate surface area is 181 Å². The Morgan fingerprint density at radius 2 is 1.71 bits per heavy atom. The van der Waals surface area contributed by atoms with Gasteiger partial charge in [0.2, 0.25) is 5.91 Å². The lowest BCUT2D eigenvalue weighted by Gasteiger charge is -2.22. The van der Waals surface area contributed by atoms with Crippen LogP contribution in [0.3, 0.4) is 0 Å². The number of hydrogen-bond donors (Lipinski definition) is 2. The molecule has 2 fully saturated rings. The molecule has 1 saturated heterocycles. The second-order valence-corrected chi connectivity index (χ2v) is 8.11. The second-order valence-electron chi connectivity index (χ2n) is 8.11. The van der Waals surface area contributed by atoms with Crippen LogP contribution >= 0.6 is 0 Å². The molecule has 0 aromatic heterocycles. The van der Waals surface area contributed by atoms with Crippen molar-refractivity contribution in [2.45, 2.75) is 43.7 Å². The van der Waals surface area contributed by atoms with Gasteiger partial charge in [-0.3, -0.25) is 14.5 Å². The van der Waals surface area contributed by atoms with Crippen LogP contribution in [0, 0.1) is 0 Å². The molecule has 2 aromatic rings. The fraction of sp³-hybridized carbons (Fsp3) is 0.375. The summed E-state index contributed by atoms with van der Waals surface area (Å²) in [6.45, 7) is 0.0718. The third-order valence-electron chi connectivity index (χ3n) is 6.15. The van der Waals surface area contributed by atoms with E-state index < -0.39 is 11.6 Å². The van der Waals surface area contributed by atoms with Gasteiger partial charge in [0.05, 0.1) is 13.2 Å². The molecule has 1 aliphatic carbocycles. The highest BCUT2D eigenvalue weighted by Gasteiger charge is 2.52. The van der Waals surface area contributed by atoms with Crippen molar-refractivity contribution in [1.82, 2.24) is 15.5 Å². The molecule has 4 amide bonds. The van der Waals surface area contributed by atoms with Crippen LogP contribution in [-0.4, -0.2) is 41.9 Å². The van der Waals surface area contributed by atoms with Crippen LogP contribution in [0.4, 0.5) is 4.79 Å². The molecule has 2 aromatic carbocycles. The number of methoxy groups -OCH3 is 1. The topological polar surface area (TPSA) is 87.7 Å². The number of carbonyl (C=O) groups excluding carboxylic acids is 3. The van der Waals surface area contributed by atoms with E-state index in [1.165, 1.54) is 4.90 Å². The summed E-state index contributed by atoms with van der Waals surface area (Å²) in [5, 5.41) is 5.90. The fourth-order valence-corrected chi connectivity index (χ4v) is 4.44. The first kappa shape index (κ1) is 20.9. The van der Waals surface area contributed by atoms with Crippen LogP contribution < -0.4 is 15.4 Å². The Hall–Kier alpha value is -3.35. The average Bonchev–Trinajstić information content (AvgIpc) is 3.36. The molecule has 1 aliphatic heterocycles. The smallest absolute Gasteiger partial charge is 0.325 e. The van der Waals surface area contributed by atoms with E-state index in [9.17, 15) is 14.4 Å². The summed E-state index contributed by atoms with van der Waals surface area (Å²) in [5.41, 5.74) is 1.12. The zero-order chi connectivity index (χ0) is 21.8. The first-order valence-electron chi connectivity index (χ1n) is 10.6. The lowest BCUT2D eigenvalue weighted by atomic mass is 9.98. The van der Waals surface area contributed by atoms with Gasteiger partial charge in [-0.25, -0.2) is 4.79 Å². The van der Waals surface area contributed by atoms with E-state index >= 15 is 0 Å². The lowest BCUT2D eigenvalue weighted by Crippen LogP contribution is -2.44. The van der Waals surface area contributed by atoms with Gasteiger partial charge in [0.15, 0.2) is 0 Å². The fourth-order valence-electron chi connectivity index (χ4n) is 4.44. The number of urea groups is 1. The summed E-state index contributed by atoms with van der Waals surface area (Å²) < 4.78 is 5.23. The van der Waals surface area contributed by atoms with E-state index in [-0.39, 0.29) is 30.8 Å². The van der Waals surface area contributed by atoms with Crippen LogP contribution in [-0.2, 0) is 9.59 Å². The number of imide groups is 1. The SMILES string of the molecule is COc1ccc(C(NC(=O)CCN2C(=O)NC3(CCCC3)C2=O)c2ccccc2)cc1.